The molecule has 0 radical (unpaired) electrons. The molecule has 0 saturated carbocycles. The highest BCUT2D eigenvalue weighted by Crippen LogP contribution is 2.06. The van der Waals surface area contributed by atoms with E-state index in [1.807, 2.05) is 20.8 Å². The maximum Gasteiger partial charge on any atom is 0.332 e. The molecule has 0 aliphatic rings. The van der Waals surface area contributed by atoms with Gasteiger partial charge in [-0.2, -0.15) is 0 Å². The van der Waals surface area contributed by atoms with Crippen LogP contribution in [0.25, 0.3) is 0 Å². The summed E-state index contributed by atoms with van der Waals surface area (Å²) in [7, 11) is 0. The molecule has 0 amide bonds. The molecule has 0 aliphatic heterocycles. The number of hydrogen-bond donors (Lipinski definition) is 1. The quantitative estimate of drug-likeness (QED) is 0.0911. The molecule has 39 heavy (non-hydrogen) atoms. The first-order valence-electron chi connectivity index (χ1n) is 13.6. The first kappa shape index (κ1) is 38.0. The van der Waals surface area contributed by atoms with Crippen LogP contribution in [-0.2, 0) is 56.9 Å². The number of carbonyl (C=O) groups is 1. The van der Waals surface area contributed by atoms with Gasteiger partial charge in [0.25, 0.3) is 0 Å². The van der Waals surface area contributed by atoms with Crippen LogP contribution in [0.2, 0.25) is 0 Å². The second-order valence-corrected chi connectivity index (χ2v) is 8.87. The zero-order chi connectivity index (χ0) is 28.7. The second kappa shape index (κ2) is 30.0. The molecule has 13 heteroatoms. The van der Waals surface area contributed by atoms with Gasteiger partial charge >= 0.3 is 5.97 Å². The lowest BCUT2D eigenvalue weighted by molar-refractivity contribution is -0.160. The minimum Gasteiger partial charge on any atom is -0.458 e. The predicted octanol–water partition coefficient (Wildman–Crippen LogP) is 0.486. The van der Waals surface area contributed by atoms with Crippen LogP contribution in [0.3, 0.4) is 0 Å². The average Bonchev–Trinajstić information content (AvgIpc) is 2.88. The van der Waals surface area contributed by atoms with E-state index in [1.165, 1.54) is 0 Å². The van der Waals surface area contributed by atoms with Gasteiger partial charge in [-0.15, -0.1) is 0 Å². The van der Waals surface area contributed by atoms with E-state index in [4.69, 9.17) is 57.2 Å². The highest BCUT2D eigenvalue weighted by atomic mass is 16.6. The summed E-state index contributed by atoms with van der Waals surface area (Å²) in [6.45, 7) is 14.2. The molecule has 0 aromatic heterocycles. The Balaban J connectivity index is 3.09. The van der Waals surface area contributed by atoms with Gasteiger partial charge in [-0.05, 0) is 20.8 Å². The molecule has 0 rings (SSSR count). The number of ether oxygens (including phenoxy) is 11. The monoisotopic (exact) mass is 572 g/mol. The van der Waals surface area contributed by atoms with Crippen molar-refractivity contribution < 1.29 is 62.0 Å². The van der Waals surface area contributed by atoms with Gasteiger partial charge in [-0.1, -0.05) is 0 Å². The summed E-state index contributed by atoms with van der Waals surface area (Å²) >= 11 is 0. The van der Waals surface area contributed by atoms with Crippen LogP contribution in [0, 0.1) is 0 Å². The maximum absolute atomic E-state index is 11.5. The van der Waals surface area contributed by atoms with Gasteiger partial charge in [0, 0.05) is 0 Å². The van der Waals surface area contributed by atoms with Crippen LogP contribution in [0.1, 0.15) is 20.8 Å². The van der Waals surface area contributed by atoms with Crippen molar-refractivity contribution in [2.45, 2.75) is 26.4 Å². The van der Waals surface area contributed by atoms with Crippen LogP contribution in [-0.4, -0.2) is 155 Å². The molecule has 0 atom stereocenters. The highest BCUT2D eigenvalue weighted by Gasteiger charge is 2.15. The Morgan fingerprint density at radius 1 is 0.436 bits per heavy atom. The van der Waals surface area contributed by atoms with E-state index in [2.05, 4.69) is 0 Å². The smallest absolute Gasteiger partial charge is 0.332 e. The Bertz CT molecular complexity index is 503. The number of esters is 1. The van der Waals surface area contributed by atoms with Crippen molar-refractivity contribution in [1.82, 2.24) is 0 Å². The molecular weight excluding hydrogens is 520 g/mol. The summed E-state index contributed by atoms with van der Waals surface area (Å²) in [5, 5.41) is 8.56. The summed E-state index contributed by atoms with van der Waals surface area (Å²) in [6, 6.07) is 0. The van der Waals surface area contributed by atoms with Gasteiger partial charge in [0.2, 0.25) is 0 Å². The molecule has 0 unspecified atom stereocenters. The van der Waals surface area contributed by atoms with Crippen molar-refractivity contribution in [2.24, 2.45) is 0 Å². The topological polar surface area (TPSA) is 139 Å². The van der Waals surface area contributed by atoms with E-state index in [0.717, 1.165) is 0 Å². The Morgan fingerprint density at radius 3 is 0.897 bits per heavy atom. The Labute approximate surface area is 233 Å². The van der Waals surface area contributed by atoms with E-state index < -0.39 is 5.60 Å². The molecule has 0 aromatic rings. The van der Waals surface area contributed by atoms with Gasteiger partial charge in [0.15, 0.2) is 0 Å². The summed E-state index contributed by atoms with van der Waals surface area (Å²) in [5.41, 5.74) is -0.509. The van der Waals surface area contributed by atoms with Crippen LogP contribution in [0.15, 0.2) is 0 Å². The number of rotatable bonds is 31. The average molecular weight is 573 g/mol. The lowest BCUT2D eigenvalue weighted by atomic mass is 10.2. The largest absolute Gasteiger partial charge is 0.458 e. The molecule has 234 valence electrons. The Hall–Kier alpha value is -0.970. The summed E-state index contributed by atoms with van der Waals surface area (Å²) in [5.74, 6) is -0.387. The Kier molecular flexibility index (Phi) is 29.3. The van der Waals surface area contributed by atoms with Crippen LogP contribution in [0.5, 0.6) is 0 Å². The van der Waals surface area contributed by atoms with E-state index >= 15 is 0 Å². The molecule has 0 aromatic carbocycles. The minimum atomic E-state index is -0.509. The van der Waals surface area contributed by atoms with Crippen LogP contribution in [0.4, 0.5) is 0 Å². The number of aliphatic hydroxyl groups is 1. The molecular formula is C26H52O13. The fraction of sp³-hybridized carbons (Fsp3) is 0.962. The van der Waals surface area contributed by atoms with Gasteiger partial charge < -0.3 is 57.2 Å². The van der Waals surface area contributed by atoms with E-state index in [9.17, 15) is 4.79 Å². The molecule has 0 fully saturated rings. The lowest BCUT2D eigenvalue weighted by Crippen LogP contribution is -2.27. The SMILES string of the molecule is CC(C)(C)OC(=O)COCCOCCOCCOCCOCCOCCOCCOCCOCCOCCO. The first-order chi connectivity index (χ1) is 19.0. The van der Waals surface area contributed by atoms with Crippen molar-refractivity contribution in [3.8, 4) is 0 Å². The molecule has 0 bridgehead atoms. The van der Waals surface area contributed by atoms with E-state index in [0.29, 0.717) is 126 Å². The van der Waals surface area contributed by atoms with Gasteiger partial charge in [0.1, 0.15) is 12.2 Å². The van der Waals surface area contributed by atoms with Gasteiger partial charge in [0.05, 0.1) is 132 Å². The van der Waals surface area contributed by atoms with E-state index in [1.54, 1.807) is 0 Å². The van der Waals surface area contributed by atoms with Crippen LogP contribution < -0.4 is 0 Å². The third kappa shape index (κ3) is 35.0. The maximum atomic E-state index is 11.5. The molecule has 0 spiro atoms. The highest BCUT2D eigenvalue weighted by molar-refractivity contribution is 5.71. The van der Waals surface area contributed by atoms with Crippen molar-refractivity contribution in [3.05, 3.63) is 0 Å². The van der Waals surface area contributed by atoms with Crippen molar-refractivity contribution >= 4 is 5.97 Å². The van der Waals surface area contributed by atoms with Crippen LogP contribution >= 0.6 is 0 Å². The molecule has 13 nitrogen and oxygen atoms in total. The van der Waals surface area contributed by atoms with Gasteiger partial charge in [-0.3, -0.25) is 0 Å². The van der Waals surface area contributed by atoms with E-state index in [-0.39, 0.29) is 19.2 Å². The summed E-state index contributed by atoms with van der Waals surface area (Å²) in [6.07, 6.45) is 0. The molecule has 0 aliphatic carbocycles. The normalized spacial score (nSPS) is 11.8. The summed E-state index contributed by atoms with van der Waals surface area (Å²) < 4.78 is 58.6. The fourth-order valence-corrected chi connectivity index (χ4v) is 2.57. The number of aliphatic hydroxyl groups excluding tert-OH is 1. The molecule has 1 N–H and O–H groups in total. The zero-order valence-corrected chi connectivity index (χ0v) is 24.2. The van der Waals surface area contributed by atoms with Crippen molar-refractivity contribution in [2.75, 3.05) is 139 Å². The third-order valence-electron chi connectivity index (χ3n) is 4.22. The first-order valence-corrected chi connectivity index (χ1v) is 13.6. The van der Waals surface area contributed by atoms with Gasteiger partial charge in [-0.25, -0.2) is 4.79 Å². The molecule has 0 saturated heterocycles. The second-order valence-electron chi connectivity index (χ2n) is 8.87. The molecule has 0 heterocycles. The number of carbonyl (C=O) groups excluding carboxylic acids is 1. The lowest BCUT2D eigenvalue weighted by Gasteiger charge is -2.19. The predicted molar refractivity (Wildman–Crippen MR) is 141 cm³/mol. The standard InChI is InChI=1S/C26H52O13/c1-26(2,3)39-25(28)24-38-23-22-37-21-20-36-19-18-35-17-16-34-15-14-33-13-12-32-11-10-31-9-8-30-7-6-29-5-4-27/h27H,4-24H2,1-3H3. The fourth-order valence-electron chi connectivity index (χ4n) is 2.57. The zero-order valence-electron chi connectivity index (χ0n) is 24.2. The summed E-state index contributed by atoms with van der Waals surface area (Å²) in [4.78, 5) is 11.5. The Morgan fingerprint density at radius 2 is 0.667 bits per heavy atom. The van der Waals surface area contributed by atoms with Crippen molar-refractivity contribution in [3.63, 3.8) is 0 Å². The number of hydrogen-bond acceptors (Lipinski definition) is 13. The minimum absolute atomic E-state index is 0.0225. The third-order valence-corrected chi connectivity index (χ3v) is 4.22. The van der Waals surface area contributed by atoms with Crippen molar-refractivity contribution in [1.29, 1.82) is 0 Å².